The summed E-state index contributed by atoms with van der Waals surface area (Å²) in [5.74, 6) is 2.26. The summed E-state index contributed by atoms with van der Waals surface area (Å²) in [5, 5.41) is 3.23. The lowest BCUT2D eigenvalue weighted by atomic mass is 10.2. The van der Waals surface area contributed by atoms with Crippen LogP contribution in [0.5, 0.6) is 5.88 Å². The molecule has 0 spiro atoms. The number of nitrogens with zero attached hydrogens (tertiary/aromatic N) is 6. The first-order chi connectivity index (χ1) is 14.5. The second-order valence-corrected chi connectivity index (χ2v) is 6.39. The second-order valence-electron chi connectivity index (χ2n) is 6.39. The fourth-order valence-corrected chi connectivity index (χ4v) is 2.75. The van der Waals surface area contributed by atoms with Gasteiger partial charge in [0.15, 0.2) is 0 Å². The Bertz CT molecular complexity index is 951. The summed E-state index contributed by atoms with van der Waals surface area (Å²) < 4.78 is 10.5. The zero-order valence-corrected chi connectivity index (χ0v) is 17.0. The van der Waals surface area contributed by atoms with Crippen LogP contribution in [0.25, 0.3) is 0 Å². The number of hydrogen-bond acceptors (Lipinski definition) is 9. The average molecular weight is 411 g/mol. The molecule has 0 atom stereocenters. The number of methoxy groups -OCH3 is 1. The van der Waals surface area contributed by atoms with Gasteiger partial charge in [0.1, 0.15) is 23.3 Å². The first kappa shape index (κ1) is 21.0. The van der Waals surface area contributed by atoms with Gasteiger partial charge in [-0.2, -0.15) is 4.98 Å². The molecule has 3 rings (SSSR count). The van der Waals surface area contributed by atoms with Crippen LogP contribution in [0.1, 0.15) is 12.5 Å². The predicted molar refractivity (Wildman–Crippen MR) is 116 cm³/mol. The van der Waals surface area contributed by atoms with Crippen LogP contribution in [0.2, 0.25) is 0 Å². The van der Waals surface area contributed by atoms with Crippen LogP contribution in [0.4, 0.5) is 17.5 Å². The molecule has 0 saturated carbocycles. The third-order valence-corrected chi connectivity index (χ3v) is 4.14. The first-order valence-corrected chi connectivity index (χ1v) is 9.27. The van der Waals surface area contributed by atoms with E-state index in [9.17, 15) is 0 Å². The van der Waals surface area contributed by atoms with Crippen molar-refractivity contribution >= 4 is 29.1 Å². The molecule has 0 unspecified atom stereocenters. The summed E-state index contributed by atoms with van der Waals surface area (Å²) in [6, 6.07) is 3.57. The minimum Gasteiger partial charge on any atom is -0.481 e. The summed E-state index contributed by atoms with van der Waals surface area (Å²) in [7, 11) is 1.56. The third kappa shape index (κ3) is 5.41. The van der Waals surface area contributed by atoms with Crippen LogP contribution in [-0.4, -0.2) is 60.0 Å². The standard InChI is InChI=1S/C19H25N9O2/c1-12(20)24-13(2)25-17(21)15-11-23-19(28-6-8-30-9-7-28)27-18(15)26-14-4-5-16(29-3)22-10-14/h4-5,10-11H,1,6-9,20H2,2-3H3,(H2,21,24,25)(H,23,26,27). The molecule has 2 aromatic rings. The second kappa shape index (κ2) is 9.65. The van der Waals surface area contributed by atoms with Gasteiger partial charge in [-0.3, -0.25) is 0 Å². The van der Waals surface area contributed by atoms with Crippen molar-refractivity contribution in [2.75, 3.05) is 43.6 Å². The van der Waals surface area contributed by atoms with Crippen molar-refractivity contribution in [3.8, 4) is 5.88 Å². The highest BCUT2D eigenvalue weighted by atomic mass is 16.5. The maximum atomic E-state index is 6.21. The molecule has 0 aliphatic carbocycles. The molecule has 11 heteroatoms. The van der Waals surface area contributed by atoms with E-state index in [2.05, 4.69) is 36.8 Å². The van der Waals surface area contributed by atoms with Gasteiger partial charge < -0.3 is 31.2 Å². The van der Waals surface area contributed by atoms with Crippen LogP contribution >= 0.6 is 0 Å². The van der Waals surface area contributed by atoms with E-state index in [-0.39, 0.29) is 11.7 Å². The van der Waals surface area contributed by atoms with Gasteiger partial charge >= 0.3 is 0 Å². The first-order valence-electron chi connectivity index (χ1n) is 9.27. The van der Waals surface area contributed by atoms with Crippen LogP contribution in [-0.2, 0) is 4.74 Å². The van der Waals surface area contributed by atoms with E-state index in [0.717, 1.165) is 0 Å². The topological polar surface area (TPSA) is 149 Å². The third-order valence-electron chi connectivity index (χ3n) is 4.14. The predicted octanol–water partition coefficient (Wildman–Crippen LogP) is 1.01. The number of morpholine rings is 1. The van der Waals surface area contributed by atoms with Crippen molar-refractivity contribution < 1.29 is 9.47 Å². The molecular weight excluding hydrogens is 386 g/mol. The molecule has 11 nitrogen and oxygen atoms in total. The molecule has 1 saturated heterocycles. The quantitative estimate of drug-likeness (QED) is 0.467. The number of anilines is 3. The Hall–Kier alpha value is -3.73. The lowest BCUT2D eigenvalue weighted by Crippen LogP contribution is -2.37. The fraction of sp³-hybridized carbons (Fsp3) is 0.316. The van der Waals surface area contributed by atoms with E-state index in [1.165, 1.54) is 0 Å². The fourth-order valence-electron chi connectivity index (χ4n) is 2.75. The molecule has 30 heavy (non-hydrogen) atoms. The smallest absolute Gasteiger partial charge is 0.227 e. The summed E-state index contributed by atoms with van der Waals surface area (Å²) in [6.45, 7) is 7.87. The molecule has 0 bridgehead atoms. The molecule has 1 fully saturated rings. The molecule has 5 N–H and O–H groups in total. The van der Waals surface area contributed by atoms with Crippen molar-refractivity contribution in [1.29, 1.82) is 0 Å². The summed E-state index contributed by atoms with van der Waals surface area (Å²) in [4.78, 5) is 23.6. The number of nitrogens with two attached hydrogens (primary N) is 2. The van der Waals surface area contributed by atoms with E-state index in [1.807, 2.05) is 11.0 Å². The van der Waals surface area contributed by atoms with Crippen LogP contribution < -0.4 is 26.4 Å². The Kier molecular flexibility index (Phi) is 6.75. The number of amidine groups is 2. The van der Waals surface area contributed by atoms with E-state index in [0.29, 0.717) is 61.0 Å². The van der Waals surface area contributed by atoms with E-state index >= 15 is 0 Å². The summed E-state index contributed by atoms with van der Waals surface area (Å²) >= 11 is 0. The van der Waals surface area contributed by atoms with Crippen LogP contribution in [0.15, 0.2) is 46.9 Å². The average Bonchev–Trinajstić information content (AvgIpc) is 2.74. The van der Waals surface area contributed by atoms with Crippen molar-refractivity contribution in [2.45, 2.75) is 6.92 Å². The molecule has 158 valence electrons. The van der Waals surface area contributed by atoms with Gasteiger partial charge in [-0.25, -0.2) is 20.0 Å². The number of aromatic nitrogens is 3. The highest BCUT2D eigenvalue weighted by molar-refractivity contribution is 6.07. The number of pyridine rings is 1. The Morgan fingerprint density at radius 3 is 2.60 bits per heavy atom. The van der Waals surface area contributed by atoms with Gasteiger partial charge in [0.2, 0.25) is 11.8 Å². The molecule has 0 radical (unpaired) electrons. The van der Waals surface area contributed by atoms with E-state index in [1.54, 1.807) is 32.5 Å². The zero-order chi connectivity index (χ0) is 21.5. The van der Waals surface area contributed by atoms with Gasteiger partial charge in [-0.05, 0) is 13.0 Å². The Labute approximate surface area is 174 Å². The van der Waals surface area contributed by atoms with Gasteiger partial charge in [0.25, 0.3) is 0 Å². The molecule has 1 aliphatic heterocycles. The minimum atomic E-state index is 0.144. The minimum absolute atomic E-state index is 0.144. The SMILES string of the molecule is C=C(N)/N=C(C)\N=C(/N)c1cnc(N2CCOCC2)nc1Nc1ccc(OC)nc1. The van der Waals surface area contributed by atoms with Gasteiger partial charge in [-0.15, -0.1) is 0 Å². The Balaban J connectivity index is 1.97. The maximum absolute atomic E-state index is 6.21. The van der Waals surface area contributed by atoms with Crippen molar-refractivity contribution in [3.05, 3.63) is 42.5 Å². The van der Waals surface area contributed by atoms with E-state index < -0.39 is 0 Å². The highest BCUT2D eigenvalue weighted by Gasteiger charge is 2.18. The number of hydrogen-bond donors (Lipinski definition) is 3. The van der Waals surface area contributed by atoms with E-state index in [4.69, 9.17) is 20.9 Å². The zero-order valence-electron chi connectivity index (χ0n) is 17.0. The van der Waals surface area contributed by atoms with Crippen molar-refractivity contribution in [3.63, 3.8) is 0 Å². The number of aliphatic imine (C=N–C) groups is 2. The van der Waals surface area contributed by atoms with Gasteiger partial charge in [0.05, 0.1) is 37.8 Å². The number of rotatable bonds is 6. The number of ether oxygens (including phenoxy) is 2. The molecular formula is C19H25N9O2. The summed E-state index contributed by atoms with van der Waals surface area (Å²) in [5.41, 5.74) is 12.9. The summed E-state index contributed by atoms with van der Waals surface area (Å²) in [6.07, 6.45) is 3.26. The normalized spacial score (nSPS) is 15.1. The Morgan fingerprint density at radius 2 is 1.97 bits per heavy atom. The lowest BCUT2D eigenvalue weighted by Gasteiger charge is -2.27. The number of nitrogens with one attached hydrogen (secondary N) is 1. The van der Waals surface area contributed by atoms with Crippen molar-refractivity contribution in [2.24, 2.45) is 21.5 Å². The molecule has 2 aromatic heterocycles. The van der Waals surface area contributed by atoms with Gasteiger partial charge in [-0.1, -0.05) is 6.58 Å². The Morgan fingerprint density at radius 1 is 1.20 bits per heavy atom. The highest BCUT2D eigenvalue weighted by Crippen LogP contribution is 2.22. The van der Waals surface area contributed by atoms with Crippen molar-refractivity contribution in [1.82, 2.24) is 15.0 Å². The molecule has 1 aliphatic rings. The monoisotopic (exact) mass is 411 g/mol. The van der Waals surface area contributed by atoms with Crippen LogP contribution in [0, 0.1) is 0 Å². The van der Waals surface area contributed by atoms with Crippen LogP contribution in [0.3, 0.4) is 0 Å². The molecule has 3 heterocycles. The largest absolute Gasteiger partial charge is 0.481 e. The maximum Gasteiger partial charge on any atom is 0.227 e. The molecule has 0 aromatic carbocycles. The molecule has 0 amide bonds. The lowest BCUT2D eigenvalue weighted by molar-refractivity contribution is 0.122. The van der Waals surface area contributed by atoms with Gasteiger partial charge in [0, 0.05) is 25.4 Å².